The predicted molar refractivity (Wildman–Crippen MR) is 92.4 cm³/mol. The van der Waals surface area contributed by atoms with E-state index in [2.05, 4.69) is 5.32 Å². The fraction of sp³-hybridized carbons (Fsp3) is 0.412. The number of β-lactam (4-membered cyclic amide) rings is 1. The first-order valence-corrected chi connectivity index (χ1v) is 8.94. The molecule has 0 spiro atoms. The highest BCUT2D eigenvalue weighted by atomic mass is 32.2. The number of halogens is 1. The second-order valence-electron chi connectivity index (χ2n) is 6.91. The van der Waals surface area contributed by atoms with Gasteiger partial charge in [0.2, 0.25) is 11.8 Å². The Labute approximate surface area is 157 Å². The molecule has 0 radical (unpaired) electrons. The van der Waals surface area contributed by atoms with Gasteiger partial charge in [-0.3, -0.25) is 14.4 Å². The fourth-order valence-electron chi connectivity index (χ4n) is 3.44. The molecule has 3 N–H and O–H groups in total. The first-order chi connectivity index (χ1) is 12.5. The van der Waals surface area contributed by atoms with Crippen LogP contribution in [0, 0.1) is 5.82 Å². The molecule has 1 aromatic carbocycles. The number of aliphatic carboxylic acids is 2. The third-order valence-electron chi connectivity index (χ3n) is 4.69. The fourth-order valence-corrected chi connectivity index (χ4v) is 5.07. The highest BCUT2D eigenvalue weighted by molar-refractivity contribution is 8.01. The molecule has 8 nitrogen and oxygen atoms in total. The third kappa shape index (κ3) is 3.14. The van der Waals surface area contributed by atoms with Crippen molar-refractivity contribution < 1.29 is 33.8 Å². The van der Waals surface area contributed by atoms with Gasteiger partial charge in [-0.25, -0.2) is 9.18 Å². The summed E-state index contributed by atoms with van der Waals surface area (Å²) < 4.78 is 12.3. The van der Waals surface area contributed by atoms with Crippen molar-refractivity contribution in [2.75, 3.05) is 0 Å². The summed E-state index contributed by atoms with van der Waals surface area (Å²) in [4.78, 5) is 49.1. The number of carbonyl (C=O) groups is 4. The van der Waals surface area contributed by atoms with E-state index in [0.717, 1.165) is 12.1 Å². The van der Waals surface area contributed by atoms with Crippen molar-refractivity contribution in [3.05, 3.63) is 35.6 Å². The highest BCUT2D eigenvalue weighted by Crippen LogP contribution is 2.50. The van der Waals surface area contributed by atoms with Gasteiger partial charge in [-0.05, 0) is 31.5 Å². The Hall–Kier alpha value is -2.62. The Morgan fingerprint density at radius 1 is 1.22 bits per heavy atom. The molecule has 0 unspecified atom stereocenters. The molecule has 4 atom stereocenters. The zero-order chi connectivity index (χ0) is 20.1. The maximum absolute atomic E-state index is 13.1. The lowest BCUT2D eigenvalue weighted by Crippen LogP contribution is -2.71. The van der Waals surface area contributed by atoms with Crippen LogP contribution < -0.4 is 5.32 Å². The molecule has 2 amide bonds. The average molecular weight is 396 g/mol. The van der Waals surface area contributed by atoms with Crippen LogP contribution in [0.5, 0.6) is 0 Å². The number of fused-ring (bicyclic) bond motifs is 1. The van der Waals surface area contributed by atoms with Gasteiger partial charge < -0.3 is 20.4 Å². The van der Waals surface area contributed by atoms with E-state index in [-0.39, 0.29) is 5.56 Å². The molecule has 2 fully saturated rings. The molecule has 144 valence electrons. The van der Waals surface area contributed by atoms with Crippen molar-refractivity contribution in [2.24, 2.45) is 0 Å². The molecular weight excluding hydrogens is 379 g/mol. The third-order valence-corrected chi connectivity index (χ3v) is 6.26. The average Bonchev–Trinajstić information content (AvgIpc) is 2.82. The molecule has 2 saturated heterocycles. The zero-order valence-corrected chi connectivity index (χ0v) is 15.2. The molecule has 2 heterocycles. The number of rotatable bonds is 5. The van der Waals surface area contributed by atoms with E-state index in [0.29, 0.717) is 0 Å². The summed E-state index contributed by atoms with van der Waals surface area (Å²) in [5, 5.41) is 20.6. The SMILES string of the molecule is CC1(C)S[C@@H]2[C@H](NC(=O)[C@H](C(=O)O)c3ccc(F)cc3)C(=O)N2[C@H]1C(=O)O. The Balaban J connectivity index is 1.78. The van der Waals surface area contributed by atoms with Crippen molar-refractivity contribution >= 4 is 35.5 Å². The summed E-state index contributed by atoms with van der Waals surface area (Å²) in [6, 6.07) is 2.44. The summed E-state index contributed by atoms with van der Waals surface area (Å²) >= 11 is 1.24. The van der Waals surface area contributed by atoms with Gasteiger partial charge in [0.05, 0.1) is 0 Å². The van der Waals surface area contributed by atoms with Crippen molar-refractivity contribution in [1.82, 2.24) is 10.2 Å². The Bertz CT molecular complexity index is 827. The largest absolute Gasteiger partial charge is 0.480 e. The number of carbonyl (C=O) groups excluding carboxylic acids is 2. The second-order valence-corrected chi connectivity index (χ2v) is 8.68. The molecule has 1 aromatic rings. The quantitative estimate of drug-likeness (QED) is 0.492. The van der Waals surface area contributed by atoms with Crippen LogP contribution in [0.4, 0.5) is 4.39 Å². The molecule has 2 aliphatic heterocycles. The lowest BCUT2D eigenvalue weighted by atomic mass is 9.94. The number of nitrogens with one attached hydrogen (secondary N) is 1. The smallest absolute Gasteiger partial charge is 0.327 e. The van der Waals surface area contributed by atoms with E-state index >= 15 is 0 Å². The Kier molecular flexibility index (Phi) is 4.62. The van der Waals surface area contributed by atoms with E-state index < -0.39 is 57.7 Å². The zero-order valence-electron chi connectivity index (χ0n) is 14.4. The molecule has 3 rings (SSSR count). The number of benzene rings is 1. The van der Waals surface area contributed by atoms with E-state index in [1.807, 2.05) is 0 Å². The molecule has 27 heavy (non-hydrogen) atoms. The lowest BCUT2D eigenvalue weighted by Gasteiger charge is -2.43. The lowest BCUT2D eigenvalue weighted by molar-refractivity contribution is -0.161. The van der Waals surface area contributed by atoms with Crippen molar-refractivity contribution in [3.8, 4) is 0 Å². The highest BCUT2D eigenvalue weighted by Gasteiger charge is 2.64. The maximum atomic E-state index is 13.1. The van der Waals surface area contributed by atoms with Crippen LogP contribution in [-0.4, -0.2) is 61.1 Å². The van der Waals surface area contributed by atoms with Gasteiger partial charge in [-0.1, -0.05) is 12.1 Å². The van der Waals surface area contributed by atoms with E-state index in [4.69, 9.17) is 0 Å². The van der Waals surface area contributed by atoms with Gasteiger partial charge in [0.25, 0.3) is 0 Å². The van der Waals surface area contributed by atoms with Crippen molar-refractivity contribution in [1.29, 1.82) is 0 Å². The van der Waals surface area contributed by atoms with Crippen LogP contribution in [0.2, 0.25) is 0 Å². The number of thioether (sulfide) groups is 1. The van der Waals surface area contributed by atoms with E-state index in [9.17, 15) is 33.8 Å². The number of hydrogen-bond acceptors (Lipinski definition) is 5. The van der Waals surface area contributed by atoms with Crippen LogP contribution >= 0.6 is 11.8 Å². The van der Waals surface area contributed by atoms with Crippen LogP contribution in [0.1, 0.15) is 25.3 Å². The first kappa shape index (κ1) is 19.2. The van der Waals surface area contributed by atoms with Gasteiger partial charge >= 0.3 is 11.9 Å². The maximum Gasteiger partial charge on any atom is 0.327 e. The topological polar surface area (TPSA) is 124 Å². The molecule has 10 heteroatoms. The van der Waals surface area contributed by atoms with Gasteiger partial charge in [-0.15, -0.1) is 11.8 Å². The van der Waals surface area contributed by atoms with E-state index in [1.165, 1.54) is 28.8 Å². The number of amides is 2. The summed E-state index contributed by atoms with van der Waals surface area (Å²) in [7, 11) is 0. The molecule has 0 aliphatic carbocycles. The Morgan fingerprint density at radius 2 is 1.81 bits per heavy atom. The second kappa shape index (κ2) is 6.52. The monoisotopic (exact) mass is 396 g/mol. The summed E-state index contributed by atoms with van der Waals surface area (Å²) in [6.45, 7) is 3.39. The normalized spacial score (nSPS) is 26.7. The minimum absolute atomic E-state index is 0.0767. The summed E-state index contributed by atoms with van der Waals surface area (Å²) in [6.07, 6.45) is 0. The minimum atomic E-state index is -1.61. The van der Waals surface area contributed by atoms with Gasteiger partial charge in [-0.2, -0.15) is 0 Å². The van der Waals surface area contributed by atoms with Crippen LogP contribution in [-0.2, 0) is 19.2 Å². The van der Waals surface area contributed by atoms with Gasteiger partial charge in [0.15, 0.2) is 5.92 Å². The van der Waals surface area contributed by atoms with Crippen LogP contribution in [0.3, 0.4) is 0 Å². The number of hydrogen-bond donors (Lipinski definition) is 3. The number of carboxylic acids is 2. The summed E-state index contributed by atoms with van der Waals surface area (Å²) in [5.74, 6) is -6.24. The van der Waals surface area contributed by atoms with Crippen LogP contribution in [0.25, 0.3) is 0 Å². The van der Waals surface area contributed by atoms with Crippen molar-refractivity contribution in [2.45, 2.75) is 42.0 Å². The van der Waals surface area contributed by atoms with Crippen LogP contribution in [0.15, 0.2) is 24.3 Å². The Morgan fingerprint density at radius 3 is 2.33 bits per heavy atom. The van der Waals surface area contributed by atoms with Gasteiger partial charge in [0, 0.05) is 4.75 Å². The van der Waals surface area contributed by atoms with E-state index in [1.54, 1.807) is 13.8 Å². The molecule has 0 saturated carbocycles. The van der Waals surface area contributed by atoms with Crippen molar-refractivity contribution in [3.63, 3.8) is 0 Å². The summed E-state index contributed by atoms with van der Waals surface area (Å²) in [5.41, 5.74) is 0.0767. The molecule has 2 aliphatic rings. The minimum Gasteiger partial charge on any atom is -0.480 e. The molecular formula is C17H17FN2O6S. The predicted octanol–water partition coefficient (Wildman–Crippen LogP) is 0.626. The number of nitrogens with zero attached hydrogens (tertiary/aromatic N) is 1. The standard InChI is InChI=1S/C17H17FN2O6S/c1-17(2)11(16(25)26)20-13(22)10(14(20)27-17)19-12(21)9(15(23)24)7-3-5-8(18)6-4-7/h3-6,9-11,14H,1-2H3,(H,19,21)(H,23,24)(H,25,26)/t9-,10-,11+,14-/m1/s1. The number of carboxylic acid groups (broad SMARTS) is 2. The van der Waals surface area contributed by atoms with Gasteiger partial charge in [0.1, 0.15) is 23.3 Å². The molecule has 0 aromatic heterocycles. The first-order valence-electron chi connectivity index (χ1n) is 8.06. The molecule has 0 bridgehead atoms.